The molecule has 0 bridgehead atoms. The zero-order chi connectivity index (χ0) is 17.1. The minimum Gasteiger partial charge on any atom is -0.376 e. The molecule has 2 N–H and O–H groups in total. The predicted molar refractivity (Wildman–Crippen MR) is 106 cm³/mol. The average molecular weight is 438 g/mol. The number of anilines is 1. The van der Waals surface area contributed by atoms with Gasteiger partial charge in [0, 0.05) is 50.2 Å². The second kappa shape index (κ2) is 5.92. The summed E-state index contributed by atoms with van der Waals surface area (Å²) < 4.78 is 7.15. The van der Waals surface area contributed by atoms with Crippen molar-refractivity contribution in [2.24, 2.45) is 5.92 Å². The lowest BCUT2D eigenvalue weighted by atomic mass is 9.81. The number of hydrogen-bond acceptors (Lipinski definition) is 2. The molecule has 3 nitrogen and oxygen atoms in total. The van der Waals surface area contributed by atoms with E-state index in [4.69, 9.17) is 27.9 Å². The predicted octanol–water partition coefficient (Wildman–Crippen LogP) is 6.48. The molecule has 1 fully saturated rings. The van der Waals surface area contributed by atoms with Gasteiger partial charge in [0.1, 0.15) is 0 Å². The van der Waals surface area contributed by atoms with Gasteiger partial charge in [0.05, 0.1) is 22.9 Å². The standard InChI is InChI=1S/C19H15BrCl2N2O/c20-9-1-2-16-12(5-9)14(8-23-16)17-11-3-4-25-19(11)13-6-10(21)7-15(22)18(13)24-17/h1-2,5-8,11,17,19,23-24H,3-4H2. The van der Waals surface area contributed by atoms with E-state index in [1.807, 2.05) is 12.1 Å². The molecule has 128 valence electrons. The maximum Gasteiger partial charge on any atom is 0.0897 e. The maximum atomic E-state index is 6.49. The Morgan fingerprint density at radius 2 is 2.00 bits per heavy atom. The van der Waals surface area contributed by atoms with Gasteiger partial charge < -0.3 is 15.0 Å². The third-order valence-corrected chi connectivity index (χ3v) is 6.28. The van der Waals surface area contributed by atoms with Gasteiger partial charge >= 0.3 is 0 Å². The highest BCUT2D eigenvalue weighted by molar-refractivity contribution is 9.10. The van der Waals surface area contributed by atoms with Gasteiger partial charge in [0.15, 0.2) is 0 Å². The number of hydrogen-bond donors (Lipinski definition) is 2. The van der Waals surface area contributed by atoms with Gasteiger partial charge in [-0.1, -0.05) is 39.1 Å². The number of ether oxygens (including phenoxy) is 1. The summed E-state index contributed by atoms with van der Waals surface area (Å²) >= 11 is 16.3. The van der Waals surface area contributed by atoms with Crippen LogP contribution in [0.2, 0.25) is 10.0 Å². The maximum absolute atomic E-state index is 6.49. The molecule has 3 unspecified atom stereocenters. The van der Waals surface area contributed by atoms with E-state index in [-0.39, 0.29) is 12.1 Å². The number of fused-ring (bicyclic) bond motifs is 4. The van der Waals surface area contributed by atoms with Gasteiger partial charge in [-0.25, -0.2) is 0 Å². The summed E-state index contributed by atoms with van der Waals surface area (Å²) in [4.78, 5) is 3.38. The van der Waals surface area contributed by atoms with Crippen molar-refractivity contribution in [3.63, 3.8) is 0 Å². The van der Waals surface area contributed by atoms with Crippen molar-refractivity contribution >= 4 is 55.7 Å². The van der Waals surface area contributed by atoms with Crippen molar-refractivity contribution in [2.45, 2.75) is 18.6 Å². The Hall–Kier alpha value is -1.20. The molecular weight excluding hydrogens is 423 g/mol. The number of rotatable bonds is 1. The van der Waals surface area contributed by atoms with Gasteiger partial charge in [-0.05, 0) is 36.8 Å². The van der Waals surface area contributed by atoms with Crippen LogP contribution in [0.5, 0.6) is 0 Å². The molecule has 3 heterocycles. The quantitative estimate of drug-likeness (QED) is 0.457. The molecule has 0 saturated carbocycles. The topological polar surface area (TPSA) is 37.0 Å². The number of aromatic amines is 1. The first-order valence-corrected chi connectivity index (χ1v) is 9.80. The van der Waals surface area contributed by atoms with E-state index < -0.39 is 0 Å². The number of nitrogens with one attached hydrogen (secondary N) is 2. The van der Waals surface area contributed by atoms with E-state index in [1.165, 1.54) is 10.9 Å². The molecule has 6 heteroatoms. The molecule has 5 rings (SSSR count). The van der Waals surface area contributed by atoms with Gasteiger partial charge in [-0.2, -0.15) is 0 Å². The summed E-state index contributed by atoms with van der Waals surface area (Å²) in [7, 11) is 0. The lowest BCUT2D eigenvalue weighted by Gasteiger charge is -2.36. The summed E-state index contributed by atoms with van der Waals surface area (Å²) in [6.45, 7) is 0.753. The van der Waals surface area contributed by atoms with E-state index in [0.29, 0.717) is 16.0 Å². The lowest BCUT2D eigenvalue weighted by molar-refractivity contribution is 0.0831. The zero-order valence-corrected chi connectivity index (χ0v) is 16.3. The first kappa shape index (κ1) is 16.0. The van der Waals surface area contributed by atoms with Crippen molar-refractivity contribution in [1.29, 1.82) is 0 Å². The second-order valence-corrected chi connectivity index (χ2v) is 8.41. The number of halogens is 3. The molecule has 2 aromatic carbocycles. The SMILES string of the molecule is Clc1cc(Cl)c2c(c1)C1OCCC1C(c1c[nH]c3ccc(Br)cc13)N2. The summed E-state index contributed by atoms with van der Waals surface area (Å²) in [6, 6.07) is 10.2. The van der Waals surface area contributed by atoms with Gasteiger partial charge in [0.2, 0.25) is 0 Å². The first-order valence-electron chi connectivity index (χ1n) is 8.25. The Bertz CT molecular complexity index is 987. The number of H-pyrrole nitrogens is 1. The molecule has 0 radical (unpaired) electrons. The molecule has 0 aliphatic carbocycles. The van der Waals surface area contributed by atoms with Crippen molar-refractivity contribution in [3.05, 3.63) is 62.2 Å². The third-order valence-electron chi connectivity index (χ3n) is 5.27. The monoisotopic (exact) mass is 436 g/mol. The summed E-state index contributed by atoms with van der Waals surface area (Å²) in [5, 5.41) is 6.17. The highest BCUT2D eigenvalue weighted by Gasteiger charge is 2.43. The number of benzene rings is 2. The fourth-order valence-electron chi connectivity index (χ4n) is 4.18. The molecule has 1 aromatic heterocycles. The summed E-state index contributed by atoms with van der Waals surface area (Å²) in [6.07, 6.45) is 3.13. The van der Waals surface area contributed by atoms with Gasteiger partial charge in [-0.15, -0.1) is 0 Å². The largest absolute Gasteiger partial charge is 0.376 e. The molecule has 2 aliphatic rings. The fraction of sp³-hybridized carbons (Fsp3) is 0.263. The molecule has 2 aliphatic heterocycles. The highest BCUT2D eigenvalue weighted by Crippen LogP contribution is 2.53. The molecule has 25 heavy (non-hydrogen) atoms. The molecular formula is C19H15BrCl2N2O. The lowest BCUT2D eigenvalue weighted by Crippen LogP contribution is -2.29. The minimum atomic E-state index is 0.0227. The fourth-order valence-corrected chi connectivity index (χ4v) is 5.11. The van der Waals surface area contributed by atoms with Crippen LogP contribution in [0.15, 0.2) is 41.0 Å². The molecule has 0 amide bonds. The Morgan fingerprint density at radius 3 is 2.88 bits per heavy atom. The molecule has 1 saturated heterocycles. The van der Waals surface area contributed by atoms with Gasteiger partial charge in [0.25, 0.3) is 0 Å². The van der Waals surface area contributed by atoms with Crippen molar-refractivity contribution in [2.75, 3.05) is 11.9 Å². The van der Waals surface area contributed by atoms with Crippen LogP contribution in [-0.4, -0.2) is 11.6 Å². The number of aromatic nitrogens is 1. The van der Waals surface area contributed by atoms with Crippen molar-refractivity contribution in [3.8, 4) is 0 Å². The van der Waals surface area contributed by atoms with Crippen molar-refractivity contribution in [1.82, 2.24) is 4.98 Å². The Kier molecular flexibility index (Phi) is 3.79. The van der Waals surface area contributed by atoms with Gasteiger partial charge in [-0.3, -0.25) is 0 Å². The van der Waals surface area contributed by atoms with E-state index in [0.717, 1.165) is 34.3 Å². The normalized spacial score (nSPS) is 24.8. The van der Waals surface area contributed by atoms with E-state index in [9.17, 15) is 0 Å². The Labute approximate surface area is 163 Å². The first-order chi connectivity index (χ1) is 12.1. The van der Waals surface area contributed by atoms with E-state index in [1.54, 1.807) is 6.07 Å². The van der Waals surface area contributed by atoms with E-state index in [2.05, 4.69) is 44.6 Å². The van der Waals surface area contributed by atoms with Crippen molar-refractivity contribution < 1.29 is 4.74 Å². The van der Waals surface area contributed by atoms with Crippen LogP contribution in [0, 0.1) is 5.92 Å². The molecule has 3 atom stereocenters. The van der Waals surface area contributed by atoms with Crippen LogP contribution in [0.4, 0.5) is 5.69 Å². The van der Waals surface area contributed by atoms with Crippen LogP contribution in [0.25, 0.3) is 10.9 Å². The highest BCUT2D eigenvalue weighted by atomic mass is 79.9. The van der Waals surface area contributed by atoms with E-state index >= 15 is 0 Å². The second-order valence-electron chi connectivity index (χ2n) is 6.65. The molecule has 3 aromatic rings. The van der Waals surface area contributed by atoms with Crippen LogP contribution in [-0.2, 0) is 4.74 Å². The third kappa shape index (κ3) is 2.50. The van der Waals surface area contributed by atoms with Crippen LogP contribution in [0.3, 0.4) is 0 Å². The molecule has 0 spiro atoms. The van der Waals surface area contributed by atoms with Crippen LogP contribution in [0.1, 0.15) is 29.7 Å². The van der Waals surface area contributed by atoms with Crippen LogP contribution >= 0.6 is 39.1 Å². The smallest absolute Gasteiger partial charge is 0.0897 e. The Balaban J connectivity index is 1.68. The average Bonchev–Trinajstić information content (AvgIpc) is 3.21. The zero-order valence-electron chi connectivity index (χ0n) is 13.2. The summed E-state index contributed by atoms with van der Waals surface area (Å²) in [5.41, 5.74) is 4.37. The van der Waals surface area contributed by atoms with Crippen LogP contribution < -0.4 is 5.32 Å². The summed E-state index contributed by atoms with van der Waals surface area (Å²) in [5.74, 6) is 0.347. The minimum absolute atomic E-state index is 0.0227. The Morgan fingerprint density at radius 1 is 1.12 bits per heavy atom.